The quantitative estimate of drug-likeness (QED) is 0.431. The Kier molecular flexibility index (Phi) is 4.13. The summed E-state index contributed by atoms with van der Waals surface area (Å²) in [6.45, 7) is 1.92. The molecule has 0 aliphatic carbocycles. The Morgan fingerprint density at radius 2 is 2.23 bits per heavy atom. The summed E-state index contributed by atoms with van der Waals surface area (Å²) in [4.78, 5) is 11.7. The second-order valence-corrected chi connectivity index (χ2v) is 6.66. The first-order chi connectivity index (χ1) is 10.7. The fourth-order valence-corrected chi connectivity index (χ4v) is 3.65. The van der Waals surface area contributed by atoms with Crippen LogP contribution in [0, 0.1) is 18.3 Å². The van der Waals surface area contributed by atoms with Crippen molar-refractivity contribution in [1.82, 2.24) is 15.0 Å². The number of H-pyrrole nitrogens is 1. The number of aromatic amines is 1. The Morgan fingerprint density at radius 1 is 1.41 bits per heavy atom. The van der Waals surface area contributed by atoms with Crippen molar-refractivity contribution in [3.05, 3.63) is 46.9 Å². The number of rotatable bonds is 4. The summed E-state index contributed by atoms with van der Waals surface area (Å²) in [7, 11) is 0. The zero-order valence-electron chi connectivity index (χ0n) is 11.7. The number of nitriles is 1. The van der Waals surface area contributed by atoms with E-state index in [0.29, 0.717) is 5.82 Å². The molecule has 5 nitrogen and oxygen atoms in total. The Bertz CT molecular complexity index is 855. The fraction of sp³-hybridized carbons (Fsp3) is 0.133. The average Bonchev–Trinajstić information content (AvgIpc) is 3.11. The fourth-order valence-electron chi connectivity index (χ4n) is 1.93. The second-order valence-electron chi connectivity index (χ2n) is 4.58. The molecule has 1 aromatic carbocycles. The zero-order chi connectivity index (χ0) is 15.5. The molecule has 0 saturated carbocycles. The predicted octanol–water partition coefficient (Wildman–Crippen LogP) is 3.91. The van der Waals surface area contributed by atoms with Crippen molar-refractivity contribution < 1.29 is 5.11 Å². The van der Waals surface area contributed by atoms with Crippen LogP contribution in [0.1, 0.15) is 11.5 Å². The third-order valence-electron chi connectivity index (χ3n) is 2.96. The highest BCUT2D eigenvalue weighted by molar-refractivity contribution is 8.01. The highest BCUT2D eigenvalue weighted by Crippen LogP contribution is 2.26. The van der Waals surface area contributed by atoms with Gasteiger partial charge in [0.05, 0.1) is 16.8 Å². The lowest BCUT2D eigenvalue weighted by Gasteiger charge is -2.00. The summed E-state index contributed by atoms with van der Waals surface area (Å²) < 4.78 is 0.867. The molecule has 0 unspecified atom stereocenters. The maximum atomic E-state index is 10.2. The molecule has 3 aromatic rings. The minimum Gasteiger partial charge on any atom is -0.510 e. The number of thioether (sulfide) groups is 1. The van der Waals surface area contributed by atoms with Crippen LogP contribution in [-0.4, -0.2) is 25.8 Å². The number of aliphatic hydroxyl groups excluding tert-OH is 1. The van der Waals surface area contributed by atoms with Crippen LogP contribution in [0.3, 0.4) is 0 Å². The second kappa shape index (κ2) is 6.22. The number of hydrogen-bond donors (Lipinski definition) is 2. The van der Waals surface area contributed by atoms with Gasteiger partial charge >= 0.3 is 0 Å². The smallest absolute Gasteiger partial charge is 0.152 e. The van der Waals surface area contributed by atoms with Crippen LogP contribution in [0.15, 0.2) is 39.7 Å². The first kappa shape index (κ1) is 14.6. The standard InChI is InChI=1S/C15H12N4OS2/c1-9-7-21-15(17-9)22-8-13(20)10(6-16)14-18-11-4-2-3-5-12(11)19-14/h2-5,7,20H,8H2,1H3,(H,18,19)/b13-10-. The van der Waals surface area contributed by atoms with Gasteiger partial charge in [0.2, 0.25) is 0 Å². The summed E-state index contributed by atoms with van der Waals surface area (Å²) >= 11 is 2.92. The third-order valence-corrected chi connectivity index (χ3v) is 5.11. The molecule has 0 aliphatic rings. The molecule has 0 fully saturated rings. The Balaban J connectivity index is 1.86. The molecule has 0 radical (unpaired) electrons. The van der Waals surface area contributed by atoms with Gasteiger partial charge in [-0.05, 0) is 19.1 Å². The number of aromatic nitrogens is 3. The molecule has 0 spiro atoms. The highest BCUT2D eigenvalue weighted by atomic mass is 32.2. The molecule has 22 heavy (non-hydrogen) atoms. The molecule has 3 rings (SSSR count). The van der Waals surface area contributed by atoms with Crippen molar-refractivity contribution in [2.24, 2.45) is 0 Å². The average molecular weight is 328 g/mol. The van der Waals surface area contributed by atoms with Gasteiger partial charge in [-0.25, -0.2) is 9.97 Å². The third kappa shape index (κ3) is 2.98. The summed E-state index contributed by atoms with van der Waals surface area (Å²) in [5.41, 5.74) is 2.72. The minimum absolute atomic E-state index is 0.000547. The SMILES string of the molecule is Cc1csc(SC/C(O)=C(\C#N)c2nc3ccccc3[nH]2)n1. The van der Waals surface area contributed by atoms with Crippen LogP contribution in [0.4, 0.5) is 0 Å². The molecule has 2 aromatic heterocycles. The van der Waals surface area contributed by atoms with Crippen LogP contribution in [0.2, 0.25) is 0 Å². The first-order valence-corrected chi connectivity index (χ1v) is 8.36. The van der Waals surface area contributed by atoms with Crippen molar-refractivity contribution in [3.8, 4) is 6.07 Å². The first-order valence-electron chi connectivity index (χ1n) is 6.49. The van der Waals surface area contributed by atoms with Gasteiger partial charge in [0.15, 0.2) is 10.2 Å². The molecular weight excluding hydrogens is 316 g/mol. The van der Waals surface area contributed by atoms with Crippen LogP contribution >= 0.6 is 23.1 Å². The van der Waals surface area contributed by atoms with Gasteiger partial charge in [0.25, 0.3) is 0 Å². The van der Waals surface area contributed by atoms with E-state index in [1.54, 1.807) is 0 Å². The lowest BCUT2D eigenvalue weighted by atomic mass is 10.2. The molecule has 0 saturated heterocycles. The zero-order valence-corrected chi connectivity index (χ0v) is 13.3. The number of aliphatic hydroxyl groups is 1. The molecule has 0 atom stereocenters. The van der Waals surface area contributed by atoms with E-state index >= 15 is 0 Å². The summed E-state index contributed by atoms with van der Waals surface area (Å²) in [5, 5.41) is 21.5. The monoisotopic (exact) mass is 328 g/mol. The predicted molar refractivity (Wildman–Crippen MR) is 88.8 cm³/mol. The normalized spacial score (nSPS) is 12.2. The molecular formula is C15H12N4OS2. The van der Waals surface area contributed by atoms with Crippen molar-refractivity contribution in [3.63, 3.8) is 0 Å². The molecule has 110 valence electrons. The molecule has 0 aliphatic heterocycles. The van der Waals surface area contributed by atoms with Crippen LogP contribution in [0.25, 0.3) is 16.6 Å². The topological polar surface area (TPSA) is 85.6 Å². The molecule has 0 amide bonds. The summed E-state index contributed by atoms with van der Waals surface area (Å²) in [5.74, 6) is 0.670. The number of nitrogens with zero attached hydrogens (tertiary/aromatic N) is 3. The van der Waals surface area contributed by atoms with Gasteiger partial charge in [-0.1, -0.05) is 23.9 Å². The Hall–Kier alpha value is -2.30. The van der Waals surface area contributed by atoms with Crippen LogP contribution in [0.5, 0.6) is 0 Å². The maximum Gasteiger partial charge on any atom is 0.152 e. The van der Waals surface area contributed by atoms with Crippen molar-refractivity contribution in [2.75, 3.05) is 5.75 Å². The molecule has 2 heterocycles. The number of nitrogens with one attached hydrogen (secondary N) is 1. The van der Waals surface area contributed by atoms with E-state index in [0.717, 1.165) is 21.1 Å². The largest absolute Gasteiger partial charge is 0.510 e. The number of fused-ring (bicyclic) bond motifs is 1. The number of benzene rings is 1. The van der Waals surface area contributed by atoms with Crippen molar-refractivity contribution in [2.45, 2.75) is 11.3 Å². The van der Waals surface area contributed by atoms with E-state index in [-0.39, 0.29) is 17.1 Å². The lowest BCUT2D eigenvalue weighted by Crippen LogP contribution is -1.95. The highest BCUT2D eigenvalue weighted by Gasteiger charge is 2.14. The Morgan fingerprint density at radius 3 is 2.91 bits per heavy atom. The Labute approximate surface area is 135 Å². The van der Waals surface area contributed by atoms with Gasteiger partial charge in [-0.2, -0.15) is 5.26 Å². The number of para-hydroxylation sites is 2. The molecule has 0 bridgehead atoms. The van der Waals surface area contributed by atoms with Gasteiger partial charge < -0.3 is 10.1 Å². The van der Waals surface area contributed by atoms with E-state index in [9.17, 15) is 10.4 Å². The summed E-state index contributed by atoms with van der Waals surface area (Å²) in [6.07, 6.45) is 0. The molecule has 7 heteroatoms. The number of imidazole rings is 1. The van der Waals surface area contributed by atoms with Gasteiger partial charge in [0, 0.05) is 11.1 Å². The van der Waals surface area contributed by atoms with Crippen LogP contribution in [-0.2, 0) is 0 Å². The van der Waals surface area contributed by atoms with Crippen LogP contribution < -0.4 is 0 Å². The van der Waals surface area contributed by atoms with Crippen molar-refractivity contribution >= 4 is 39.7 Å². The van der Waals surface area contributed by atoms with E-state index in [4.69, 9.17) is 0 Å². The van der Waals surface area contributed by atoms with Crippen molar-refractivity contribution in [1.29, 1.82) is 5.26 Å². The number of thiazole rings is 1. The van der Waals surface area contributed by atoms with E-state index < -0.39 is 0 Å². The van der Waals surface area contributed by atoms with Gasteiger partial charge in [-0.15, -0.1) is 11.3 Å². The minimum atomic E-state index is -0.000547. The lowest BCUT2D eigenvalue weighted by molar-refractivity contribution is 0.420. The van der Waals surface area contributed by atoms with Gasteiger partial charge in [0.1, 0.15) is 17.4 Å². The van der Waals surface area contributed by atoms with E-state index in [1.165, 1.54) is 23.1 Å². The maximum absolute atomic E-state index is 10.2. The number of aryl methyl sites for hydroxylation is 1. The molecule has 2 N–H and O–H groups in total. The van der Waals surface area contributed by atoms with E-state index in [1.807, 2.05) is 42.6 Å². The van der Waals surface area contributed by atoms with Gasteiger partial charge in [-0.3, -0.25) is 0 Å². The number of hydrogen-bond acceptors (Lipinski definition) is 6. The van der Waals surface area contributed by atoms with E-state index in [2.05, 4.69) is 15.0 Å². The summed E-state index contributed by atoms with van der Waals surface area (Å²) in [6, 6.07) is 9.53. The number of allylic oxidation sites excluding steroid dienone is 1.